The molecule has 0 spiro atoms. The van der Waals surface area contributed by atoms with E-state index in [4.69, 9.17) is 23.7 Å². The van der Waals surface area contributed by atoms with Gasteiger partial charge in [0.1, 0.15) is 30.5 Å². The van der Waals surface area contributed by atoms with Gasteiger partial charge in [0.2, 0.25) is 5.91 Å². The Labute approximate surface area is 427 Å². The number of rotatable bonds is 37. The van der Waals surface area contributed by atoms with E-state index in [2.05, 4.69) is 18.3 Å². The first-order valence-corrected chi connectivity index (χ1v) is 27.2. The number of hydrogen-bond donors (Lipinski definition) is 3. The number of nitrogens with one attached hydrogen (secondary N) is 1. The van der Waals surface area contributed by atoms with Gasteiger partial charge < -0.3 is 39.2 Å². The summed E-state index contributed by atoms with van der Waals surface area (Å²) in [6.07, 6.45) is 23.0. The fraction of sp³-hybridized carbons (Fsp3) is 0.532. The summed E-state index contributed by atoms with van der Waals surface area (Å²) in [6, 6.07) is 39.4. The van der Waals surface area contributed by atoms with E-state index in [-0.39, 0.29) is 18.9 Å². The van der Waals surface area contributed by atoms with Crippen molar-refractivity contribution in [2.24, 2.45) is 0 Å². The Balaban J connectivity index is 1.25. The molecular formula is C62H87NO8. The average Bonchev–Trinajstić information content (AvgIpc) is 3.40. The molecule has 1 heterocycles. The van der Waals surface area contributed by atoms with Crippen LogP contribution in [0.4, 0.5) is 0 Å². The second-order valence-electron chi connectivity index (χ2n) is 19.3. The van der Waals surface area contributed by atoms with Crippen LogP contribution >= 0.6 is 0 Å². The van der Waals surface area contributed by atoms with Gasteiger partial charge in [-0.2, -0.15) is 0 Å². The van der Waals surface area contributed by atoms with Crippen molar-refractivity contribution in [3.05, 3.63) is 168 Å². The van der Waals surface area contributed by atoms with E-state index in [1.165, 1.54) is 83.5 Å². The fourth-order valence-electron chi connectivity index (χ4n) is 9.17. The third-order valence-electron chi connectivity index (χ3n) is 13.4. The first-order chi connectivity index (χ1) is 34.9. The Kier molecular flexibility index (Phi) is 28.8. The standard InChI is InChI=1S/C62H87NO8/c1-3-5-6-7-8-9-10-11-12-13-14-15-16-17-18-19-32-44-58(65)63-54(59(66)55(64)4-2)42-33-43-56-60(68-46-51-36-26-21-27-37-51)62(70-48-53-40-30-23-31-41-53)61(69-47-52-38-28-22-29-39-52)57(71-56)49-67-45-50-34-24-20-25-35-50/h19-42,54-57,59-62,64,66H,3-18,43-49H2,1-2H3,(H,63,65)/b32-19+,42-33+/t54-,55+,56-,57?,59-,60?,61-,62+/m0/s1. The Morgan fingerprint density at radius 2 is 0.986 bits per heavy atom. The summed E-state index contributed by atoms with van der Waals surface area (Å²) in [5, 5.41) is 25.2. The number of ether oxygens (including phenoxy) is 5. The third kappa shape index (κ3) is 22.9. The van der Waals surface area contributed by atoms with Gasteiger partial charge in [-0.05, 0) is 47.9 Å². The maximum absolute atomic E-state index is 13.4. The van der Waals surface area contributed by atoms with Gasteiger partial charge in [0.15, 0.2) is 0 Å². The third-order valence-corrected chi connectivity index (χ3v) is 13.4. The van der Waals surface area contributed by atoms with Crippen LogP contribution in [0.2, 0.25) is 0 Å². The van der Waals surface area contributed by atoms with Gasteiger partial charge in [-0.3, -0.25) is 4.79 Å². The molecule has 9 heteroatoms. The van der Waals surface area contributed by atoms with Gasteiger partial charge in [-0.25, -0.2) is 0 Å². The van der Waals surface area contributed by atoms with Gasteiger partial charge in [-0.1, -0.05) is 243 Å². The number of amides is 1. The smallest absolute Gasteiger partial charge is 0.224 e. The van der Waals surface area contributed by atoms with Crippen LogP contribution in [0.5, 0.6) is 0 Å². The number of aliphatic hydroxyl groups is 2. The lowest BCUT2D eigenvalue weighted by Gasteiger charge is -2.46. The molecule has 1 saturated heterocycles. The van der Waals surface area contributed by atoms with E-state index in [9.17, 15) is 15.0 Å². The molecule has 3 N–H and O–H groups in total. The van der Waals surface area contributed by atoms with Crippen LogP contribution in [0.1, 0.15) is 152 Å². The summed E-state index contributed by atoms with van der Waals surface area (Å²) in [5.74, 6) is -0.222. The maximum Gasteiger partial charge on any atom is 0.224 e. The predicted octanol–water partition coefficient (Wildman–Crippen LogP) is 13.1. The second kappa shape index (κ2) is 35.6. The summed E-state index contributed by atoms with van der Waals surface area (Å²) < 4.78 is 34.0. The fourth-order valence-corrected chi connectivity index (χ4v) is 9.17. The van der Waals surface area contributed by atoms with Crippen LogP contribution < -0.4 is 5.32 Å². The lowest BCUT2D eigenvalue weighted by atomic mass is 9.92. The molecule has 0 saturated carbocycles. The summed E-state index contributed by atoms with van der Waals surface area (Å²) in [6.45, 7) is 5.69. The number of benzene rings is 4. The normalized spacial score (nSPS) is 19.5. The molecule has 71 heavy (non-hydrogen) atoms. The van der Waals surface area contributed by atoms with Crippen LogP contribution in [0.3, 0.4) is 0 Å². The number of hydrogen-bond acceptors (Lipinski definition) is 8. The highest BCUT2D eigenvalue weighted by Crippen LogP contribution is 2.33. The van der Waals surface area contributed by atoms with E-state index in [1.54, 1.807) is 6.08 Å². The van der Waals surface area contributed by atoms with Crippen LogP contribution in [0, 0.1) is 0 Å². The molecule has 0 aromatic heterocycles. The quantitative estimate of drug-likeness (QED) is 0.0302. The zero-order chi connectivity index (χ0) is 50.0. The lowest BCUT2D eigenvalue weighted by Crippen LogP contribution is -2.61. The van der Waals surface area contributed by atoms with Crippen molar-refractivity contribution >= 4 is 5.91 Å². The highest BCUT2D eigenvalue weighted by molar-refractivity contribution is 5.78. The number of allylic oxidation sites excluding steroid dienone is 1. The van der Waals surface area contributed by atoms with E-state index in [0.717, 1.165) is 35.1 Å². The highest BCUT2D eigenvalue weighted by atomic mass is 16.6. The van der Waals surface area contributed by atoms with Gasteiger partial charge in [0.25, 0.3) is 0 Å². The number of aliphatic hydroxyl groups excluding tert-OH is 2. The zero-order valence-electron chi connectivity index (χ0n) is 43.1. The molecular weight excluding hydrogens is 887 g/mol. The molecule has 8 atom stereocenters. The van der Waals surface area contributed by atoms with Gasteiger partial charge in [0.05, 0.1) is 51.3 Å². The van der Waals surface area contributed by atoms with Crippen LogP contribution in [-0.4, -0.2) is 71.5 Å². The number of carbonyl (C=O) groups is 1. The highest BCUT2D eigenvalue weighted by Gasteiger charge is 2.48. The Hall–Kier alpha value is -4.45. The molecule has 388 valence electrons. The number of unbranched alkanes of at least 4 members (excludes halogenated alkanes) is 14. The Morgan fingerprint density at radius 1 is 0.549 bits per heavy atom. The van der Waals surface area contributed by atoms with Crippen molar-refractivity contribution in [2.75, 3.05) is 6.61 Å². The van der Waals surface area contributed by atoms with Gasteiger partial charge >= 0.3 is 0 Å². The maximum atomic E-state index is 13.4. The van der Waals surface area contributed by atoms with Crippen molar-refractivity contribution in [2.45, 2.75) is 205 Å². The summed E-state index contributed by atoms with van der Waals surface area (Å²) in [7, 11) is 0. The molecule has 1 aliphatic rings. The average molecular weight is 974 g/mol. The van der Waals surface area contributed by atoms with Crippen molar-refractivity contribution in [1.82, 2.24) is 5.32 Å². The summed E-state index contributed by atoms with van der Waals surface area (Å²) >= 11 is 0. The molecule has 0 radical (unpaired) electrons. The van der Waals surface area contributed by atoms with Crippen LogP contribution in [0.25, 0.3) is 0 Å². The van der Waals surface area contributed by atoms with Crippen molar-refractivity contribution < 1.29 is 38.7 Å². The largest absolute Gasteiger partial charge is 0.390 e. The van der Waals surface area contributed by atoms with E-state index >= 15 is 0 Å². The van der Waals surface area contributed by atoms with Crippen LogP contribution in [-0.2, 0) is 54.9 Å². The lowest BCUT2D eigenvalue weighted by molar-refractivity contribution is -0.271. The topological polar surface area (TPSA) is 116 Å². The molecule has 2 unspecified atom stereocenters. The zero-order valence-corrected chi connectivity index (χ0v) is 43.1. The molecule has 9 nitrogen and oxygen atoms in total. The minimum absolute atomic E-state index is 0.189. The van der Waals surface area contributed by atoms with E-state index in [0.29, 0.717) is 39.3 Å². The van der Waals surface area contributed by atoms with Crippen molar-refractivity contribution in [3.8, 4) is 0 Å². The monoisotopic (exact) mass is 974 g/mol. The van der Waals surface area contributed by atoms with Crippen molar-refractivity contribution in [3.63, 3.8) is 0 Å². The Bertz CT molecular complexity index is 1980. The van der Waals surface area contributed by atoms with Crippen molar-refractivity contribution in [1.29, 1.82) is 0 Å². The summed E-state index contributed by atoms with van der Waals surface area (Å²) in [4.78, 5) is 13.4. The molecule has 5 rings (SSSR count). The predicted molar refractivity (Wildman–Crippen MR) is 286 cm³/mol. The van der Waals surface area contributed by atoms with E-state index in [1.807, 2.05) is 140 Å². The SMILES string of the molecule is CCCCCCCCCCCCCCCC/C=C/CC(=O)N[C@@H](/C=C/C[C@@H]1OC(COCc2ccccc2)[C@H](OCc2ccccc2)[C@H](OCc2ccccc2)C1OCc1ccccc1)[C@H](O)[C@H](O)CC. The molecule has 4 aromatic rings. The molecule has 1 fully saturated rings. The van der Waals surface area contributed by atoms with E-state index < -0.39 is 48.8 Å². The minimum atomic E-state index is -1.21. The van der Waals surface area contributed by atoms with Gasteiger partial charge in [0, 0.05) is 6.42 Å². The first-order valence-electron chi connectivity index (χ1n) is 27.2. The molecule has 0 aliphatic carbocycles. The van der Waals surface area contributed by atoms with Crippen LogP contribution in [0.15, 0.2) is 146 Å². The van der Waals surface area contributed by atoms with Gasteiger partial charge in [-0.15, -0.1) is 0 Å². The molecule has 0 bridgehead atoms. The molecule has 1 amide bonds. The Morgan fingerprint density at radius 3 is 1.46 bits per heavy atom. The minimum Gasteiger partial charge on any atom is -0.390 e. The first kappa shape index (κ1) is 57.5. The molecule has 1 aliphatic heterocycles. The number of carbonyl (C=O) groups excluding carboxylic acids is 1. The molecule has 4 aromatic carbocycles. The second-order valence-corrected chi connectivity index (χ2v) is 19.3. The summed E-state index contributed by atoms with van der Waals surface area (Å²) in [5.41, 5.74) is 4.09.